The molecule has 0 aromatic heterocycles. The Labute approximate surface area is 52.3 Å². The van der Waals surface area contributed by atoms with Gasteiger partial charge in [-0.05, 0) is 0 Å². The first-order chi connectivity index (χ1) is 3.98. The molecule has 1 amide bonds. The van der Waals surface area contributed by atoms with Crippen molar-refractivity contribution in [3.63, 3.8) is 0 Å². The summed E-state index contributed by atoms with van der Waals surface area (Å²) in [5, 5.41) is 0. The molecule has 0 aliphatic rings. The summed E-state index contributed by atoms with van der Waals surface area (Å²) in [5.41, 5.74) is 1.70. The predicted molar refractivity (Wildman–Crippen MR) is 28.5 cm³/mol. The lowest BCUT2D eigenvalue weighted by Gasteiger charge is -2.08. The lowest BCUT2D eigenvalue weighted by Crippen LogP contribution is -2.37. The van der Waals surface area contributed by atoms with Crippen molar-refractivity contribution >= 4 is 16.7 Å². The average molecular weight is 154 g/mol. The number of carbonyl (C=O) groups excluding carboxylic acids is 1. The zero-order valence-corrected chi connectivity index (χ0v) is 5.42. The smallest absolute Gasteiger partial charge is 0.277 e. The maximum atomic E-state index is 9.98. The Balaban J connectivity index is 4.05. The minimum atomic E-state index is -4.27. The first-order valence-electron chi connectivity index (χ1n) is 1.89. The summed E-state index contributed by atoms with van der Waals surface area (Å²) in [4.78, 5) is 9.53. The molecule has 0 spiro atoms. The van der Waals surface area contributed by atoms with Crippen molar-refractivity contribution in [2.75, 3.05) is 7.05 Å². The molecule has 0 aromatic carbocycles. The van der Waals surface area contributed by atoms with Crippen LogP contribution >= 0.6 is 0 Å². The molecule has 54 valence electrons. The summed E-state index contributed by atoms with van der Waals surface area (Å²) in [6.07, 6.45) is 0.133. The number of rotatable bonds is 3. The van der Waals surface area contributed by atoms with Gasteiger partial charge in [-0.2, -0.15) is 8.42 Å². The summed E-state index contributed by atoms with van der Waals surface area (Å²) >= 11 is 0. The first kappa shape index (κ1) is 8.34. The van der Waals surface area contributed by atoms with Crippen LogP contribution in [0.4, 0.5) is 0 Å². The third-order valence-corrected chi connectivity index (χ3v) is 1.38. The zero-order valence-electron chi connectivity index (χ0n) is 4.60. The van der Waals surface area contributed by atoms with Crippen LogP contribution in [0.5, 0.6) is 0 Å². The van der Waals surface area contributed by atoms with Crippen LogP contribution in [0.15, 0.2) is 0 Å². The second-order valence-electron chi connectivity index (χ2n) is 1.19. The van der Waals surface area contributed by atoms with Crippen molar-refractivity contribution in [2.24, 2.45) is 0 Å². The lowest BCUT2D eigenvalue weighted by molar-refractivity contribution is -0.111. The number of carbonyl (C=O) groups is 1. The summed E-state index contributed by atoms with van der Waals surface area (Å²) in [6.45, 7) is 0. The van der Waals surface area contributed by atoms with E-state index in [1.807, 2.05) is 0 Å². The summed E-state index contributed by atoms with van der Waals surface area (Å²) in [6, 6.07) is 0. The first-order valence-corrected chi connectivity index (χ1v) is 3.29. The standard InChI is InChI=1S/C2H6N2O4S/c1-4(3-2-5)9(6,7)8/h2H,1H3,(H,3,5)(H,6,7,8). The van der Waals surface area contributed by atoms with Crippen molar-refractivity contribution in [1.29, 1.82) is 0 Å². The van der Waals surface area contributed by atoms with Gasteiger partial charge < -0.3 is 0 Å². The maximum Gasteiger partial charge on any atom is 0.352 e. The molecule has 0 bridgehead atoms. The number of hydrogen-bond acceptors (Lipinski definition) is 3. The van der Waals surface area contributed by atoms with E-state index in [1.165, 1.54) is 0 Å². The molecular formula is C2H6N2O4S. The van der Waals surface area contributed by atoms with Gasteiger partial charge in [0.1, 0.15) is 0 Å². The van der Waals surface area contributed by atoms with Gasteiger partial charge >= 0.3 is 10.3 Å². The summed E-state index contributed by atoms with van der Waals surface area (Å²) < 4.78 is 28.3. The number of hydrogen-bond donors (Lipinski definition) is 2. The second kappa shape index (κ2) is 2.76. The number of amides is 1. The summed E-state index contributed by atoms with van der Waals surface area (Å²) in [5.74, 6) is 0. The fraction of sp³-hybridized carbons (Fsp3) is 0.500. The molecule has 0 saturated carbocycles. The van der Waals surface area contributed by atoms with E-state index in [0.717, 1.165) is 7.05 Å². The molecule has 0 aliphatic heterocycles. The van der Waals surface area contributed by atoms with Crippen molar-refractivity contribution in [3.05, 3.63) is 0 Å². The van der Waals surface area contributed by atoms with E-state index in [2.05, 4.69) is 0 Å². The molecule has 0 rings (SSSR count). The molecule has 0 heterocycles. The van der Waals surface area contributed by atoms with E-state index in [4.69, 9.17) is 4.55 Å². The Bertz CT molecular complexity index is 185. The Morgan fingerprint density at radius 1 is 1.67 bits per heavy atom. The van der Waals surface area contributed by atoms with Crippen LogP contribution in [0.25, 0.3) is 0 Å². The summed E-state index contributed by atoms with van der Waals surface area (Å²) in [7, 11) is -3.28. The quantitative estimate of drug-likeness (QED) is 0.290. The monoisotopic (exact) mass is 154 g/mol. The topological polar surface area (TPSA) is 86.7 Å². The van der Waals surface area contributed by atoms with Gasteiger partial charge in [0.2, 0.25) is 6.41 Å². The van der Waals surface area contributed by atoms with Gasteiger partial charge in [0, 0.05) is 7.05 Å². The van der Waals surface area contributed by atoms with E-state index < -0.39 is 10.3 Å². The molecule has 0 atom stereocenters. The van der Waals surface area contributed by atoms with Crippen LogP contribution in [-0.2, 0) is 15.1 Å². The van der Waals surface area contributed by atoms with E-state index in [0.29, 0.717) is 0 Å². The molecule has 9 heavy (non-hydrogen) atoms. The number of nitrogens with one attached hydrogen (secondary N) is 1. The van der Waals surface area contributed by atoms with Gasteiger partial charge in [-0.15, -0.1) is 0 Å². The van der Waals surface area contributed by atoms with Crippen LogP contribution in [0, 0.1) is 0 Å². The highest BCUT2D eigenvalue weighted by Crippen LogP contribution is 1.82. The van der Waals surface area contributed by atoms with Gasteiger partial charge in [-0.1, -0.05) is 4.41 Å². The Morgan fingerprint density at radius 2 is 2.11 bits per heavy atom. The van der Waals surface area contributed by atoms with Gasteiger partial charge in [0.05, 0.1) is 0 Å². The van der Waals surface area contributed by atoms with Crippen LogP contribution in [0.3, 0.4) is 0 Å². The molecule has 0 aliphatic carbocycles. The second-order valence-corrected chi connectivity index (χ2v) is 2.64. The Kier molecular flexibility index (Phi) is 2.56. The molecule has 0 aromatic rings. The minimum Gasteiger partial charge on any atom is -0.277 e. The van der Waals surface area contributed by atoms with E-state index in [9.17, 15) is 13.2 Å². The SMILES string of the molecule is CN(NC=O)S(=O)(=O)O. The normalized spacial score (nSPS) is 11.4. The van der Waals surface area contributed by atoms with Crippen LogP contribution in [0.2, 0.25) is 0 Å². The van der Waals surface area contributed by atoms with E-state index >= 15 is 0 Å². The van der Waals surface area contributed by atoms with Crippen molar-refractivity contribution in [2.45, 2.75) is 0 Å². The Hall–Kier alpha value is -0.660. The largest absolute Gasteiger partial charge is 0.352 e. The maximum absolute atomic E-state index is 9.98. The highest BCUT2D eigenvalue weighted by molar-refractivity contribution is 7.83. The van der Waals surface area contributed by atoms with Gasteiger partial charge in [0.25, 0.3) is 0 Å². The average Bonchev–Trinajstić information content (AvgIpc) is 1.64. The predicted octanol–water partition coefficient (Wildman–Crippen LogP) is -1.62. The molecule has 2 N–H and O–H groups in total. The lowest BCUT2D eigenvalue weighted by atomic mass is 11.3. The van der Waals surface area contributed by atoms with E-state index in [-0.39, 0.29) is 10.8 Å². The van der Waals surface area contributed by atoms with Gasteiger partial charge in [-0.25, -0.2) is 0 Å². The zero-order chi connectivity index (χ0) is 7.49. The van der Waals surface area contributed by atoms with Crippen molar-refractivity contribution < 1.29 is 17.8 Å². The fourth-order valence-corrected chi connectivity index (χ4v) is 0.317. The Morgan fingerprint density at radius 3 is 2.22 bits per heavy atom. The van der Waals surface area contributed by atoms with Crippen LogP contribution in [0.1, 0.15) is 0 Å². The van der Waals surface area contributed by atoms with E-state index in [1.54, 1.807) is 5.43 Å². The minimum absolute atomic E-state index is 0.133. The van der Waals surface area contributed by atoms with Crippen LogP contribution < -0.4 is 5.43 Å². The third kappa shape index (κ3) is 3.01. The van der Waals surface area contributed by atoms with Crippen molar-refractivity contribution in [1.82, 2.24) is 9.84 Å². The fourth-order valence-electron chi connectivity index (χ4n) is 0.141. The molecule has 0 radical (unpaired) electrons. The third-order valence-electron chi connectivity index (χ3n) is 0.581. The number of hydrazine groups is 1. The van der Waals surface area contributed by atoms with Gasteiger partial charge in [0.15, 0.2) is 0 Å². The van der Waals surface area contributed by atoms with Crippen LogP contribution in [-0.4, -0.2) is 30.8 Å². The molecule has 0 saturated heterocycles. The molecular weight excluding hydrogens is 148 g/mol. The highest BCUT2D eigenvalue weighted by atomic mass is 32.2. The molecule has 7 heteroatoms. The van der Waals surface area contributed by atoms with Gasteiger partial charge in [-0.3, -0.25) is 14.8 Å². The molecule has 0 fully saturated rings. The number of nitrogens with zero attached hydrogens (tertiary/aromatic N) is 1. The molecule has 0 unspecified atom stereocenters. The van der Waals surface area contributed by atoms with Crippen molar-refractivity contribution in [3.8, 4) is 0 Å². The molecule has 6 nitrogen and oxygen atoms in total. The highest BCUT2D eigenvalue weighted by Gasteiger charge is 2.10.